The summed E-state index contributed by atoms with van der Waals surface area (Å²) in [5, 5.41) is 4.35. The lowest BCUT2D eigenvalue weighted by molar-refractivity contribution is 0.0586. The number of hydrogen-bond donors (Lipinski definition) is 0. The molecule has 1 aromatic rings. The molecule has 2 rings (SSSR count). The highest BCUT2D eigenvalue weighted by Gasteiger charge is 2.21. The minimum Gasteiger partial charge on any atom is -0.464 e. The number of rotatable bonds is 2. The predicted octanol–water partition coefficient (Wildman–Crippen LogP) is 1.79. The monoisotopic (exact) mass is 318 g/mol. The van der Waals surface area contributed by atoms with Crippen LogP contribution in [0.1, 0.15) is 28.7 Å². The zero-order chi connectivity index (χ0) is 10.8. The summed E-state index contributed by atoms with van der Waals surface area (Å²) in [5.74, 6) is -0.304. The van der Waals surface area contributed by atoms with Gasteiger partial charge >= 0.3 is 5.97 Å². The number of carbonyl (C=O) groups is 1. The van der Waals surface area contributed by atoms with Gasteiger partial charge in [-0.3, -0.25) is 4.68 Å². The van der Waals surface area contributed by atoms with Crippen LogP contribution >= 0.6 is 20.7 Å². The molecule has 0 saturated carbocycles. The molecule has 80 valence electrons. The smallest absolute Gasteiger partial charge is 0.356 e. The van der Waals surface area contributed by atoms with Crippen LogP contribution in [0.4, 0.5) is 0 Å². The van der Waals surface area contributed by atoms with E-state index >= 15 is 0 Å². The number of nitrogens with zero attached hydrogens (tertiary/aromatic N) is 2. The van der Waals surface area contributed by atoms with Crippen molar-refractivity contribution in [2.24, 2.45) is 0 Å². The van der Waals surface area contributed by atoms with Crippen molar-refractivity contribution >= 4 is 36.8 Å². The third kappa shape index (κ3) is 1.75. The first kappa shape index (κ1) is 10.5. The summed E-state index contributed by atoms with van der Waals surface area (Å²) < 4.78 is 10.7. The van der Waals surface area contributed by atoms with Gasteiger partial charge < -0.3 is 4.74 Å². The Hall–Kier alpha value is -0.980. The summed E-state index contributed by atoms with van der Waals surface area (Å²) in [7, 11) is 1.40. The van der Waals surface area contributed by atoms with Gasteiger partial charge in [-0.2, -0.15) is 5.10 Å². The number of aromatic nitrogens is 2. The Balaban J connectivity index is 2.60. The first-order chi connectivity index (χ1) is 7.27. The van der Waals surface area contributed by atoms with Crippen LogP contribution in [0.25, 0.3) is 6.08 Å². The third-order valence-corrected chi connectivity index (χ3v) is 3.92. The second-order valence-corrected chi connectivity index (χ2v) is 5.04. The maximum atomic E-state index is 11.6. The van der Waals surface area contributed by atoms with Gasteiger partial charge in [0, 0.05) is 12.1 Å². The molecule has 4 nitrogen and oxygen atoms in total. The maximum Gasteiger partial charge on any atom is 0.356 e. The molecule has 0 atom stereocenters. The minimum atomic E-state index is -0.304. The highest BCUT2D eigenvalue weighted by Crippen LogP contribution is 2.22. The van der Waals surface area contributed by atoms with Gasteiger partial charge in [0.25, 0.3) is 0 Å². The lowest BCUT2D eigenvalue weighted by Crippen LogP contribution is -2.12. The molecule has 5 heteroatoms. The van der Waals surface area contributed by atoms with E-state index in [-0.39, 0.29) is 26.7 Å². The Bertz CT molecular complexity index is 460. The van der Waals surface area contributed by atoms with E-state index in [0.717, 1.165) is 11.3 Å². The molecule has 0 fully saturated rings. The summed E-state index contributed by atoms with van der Waals surface area (Å²) in [5.41, 5.74) is 2.40. The van der Waals surface area contributed by atoms with Crippen molar-refractivity contribution in [2.75, 3.05) is 7.11 Å². The molecule has 0 radical (unpaired) electrons. The van der Waals surface area contributed by atoms with Gasteiger partial charge in [0.2, 0.25) is 0 Å². The first-order valence-corrected chi connectivity index (χ1v) is 7.08. The molecule has 0 spiro atoms. The van der Waals surface area contributed by atoms with Crippen LogP contribution in [0.3, 0.4) is 0 Å². The van der Waals surface area contributed by atoms with Gasteiger partial charge in [-0.05, 0) is 21.1 Å². The quantitative estimate of drug-likeness (QED) is 0.617. The average Bonchev–Trinajstić information content (AvgIpc) is 2.66. The zero-order valence-corrected chi connectivity index (χ0v) is 10.7. The Kier molecular flexibility index (Phi) is 2.99. The zero-order valence-electron chi connectivity index (χ0n) is 8.53. The van der Waals surface area contributed by atoms with Gasteiger partial charge in [-0.1, -0.05) is 20.7 Å². The summed E-state index contributed by atoms with van der Waals surface area (Å²) in [6, 6.07) is 0. The number of aryl methyl sites for hydroxylation is 1. The second-order valence-electron chi connectivity index (χ2n) is 2.98. The number of halogens is 1. The van der Waals surface area contributed by atoms with E-state index in [0.29, 0.717) is 12.2 Å². The molecular formula is C10H11IN2O2. The molecule has 0 bridgehead atoms. The van der Waals surface area contributed by atoms with Crippen molar-refractivity contribution in [3.63, 3.8) is 0 Å². The van der Waals surface area contributed by atoms with Crippen molar-refractivity contribution in [3.05, 3.63) is 21.0 Å². The third-order valence-electron chi connectivity index (χ3n) is 2.16. The highest BCUT2D eigenvalue weighted by molar-refractivity contribution is 14.2. The van der Waals surface area contributed by atoms with E-state index in [1.807, 2.05) is 13.0 Å². The summed E-state index contributed by atoms with van der Waals surface area (Å²) in [6.45, 7) is 2.64. The van der Waals surface area contributed by atoms with Gasteiger partial charge in [0.05, 0.1) is 12.8 Å². The molecule has 0 N–H and O–H groups in total. The van der Waals surface area contributed by atoms with Crippen molar-refractivity contribution in [1.82, 2.24) is 9.78 Å². The van der Waals surface area contributed by atoms with Crippen molar-refractivity contribution in [2.45, 2.75) is 13.5 Å². The Morgan fingerprint density at radius 1 is 1.67 bits per heavy atom. The van der Waals surface area contributed by atoms with E-state index in [2.05, 4.69) is 13.2 Å². The molecule has 0 aliphatic carbocycles. The summed E-state index contributed by atoms with van der Waals surface area (Å²) in [6.07, 6.45) is 1.99. The number of hydrogen-bond acceptors (Lipinski definition) is 3. The van der Waals surface area contributed by atoms with E-state index in [4.69, 9.17) is 4.74 Å². The largest absolute Gasteiger partial charge is 0.464 e. The first-order valence-electron chi connectivity index (χ1n) is 4.58. The van der Waals surface area contributed by atoms with E-state index in [1.54, 1.807) is 4.68 Å². The molecule has 0 saturated heterocycles. The van der Waals surface area contributed by atoms with Gasteiger partial charge in [-0.15, -0.1) is 0 Å². The maximum absolute atomic E-state index is 11.6. The number of esters is 1. The van der Waals surface area contributed by atoms with Crippen LogP contribution in [-0.4, -0.2) is 26.9 Å². The van der Waals surface area contributed by atoms with Crippen LogP contribution in [0.2, 0.25) is 0 Å². The second kappa shape index (κ2) is 4.26. The SMILES string of the molecule is CCn1nc2c(c1C(=O)OC)C=IC=C2. The standard InChI is InChI=1S/C10H11IN2O2/c1-3-13-9(10(14)15-2)7-6-11-5-4-8(7)12-13/h4-6H,3H2,1-2H3. The van der Waals surface area contributed by atoms with Crippen LogP contribution < -0.4 is 0 Å². The molecule has 1 aromatic heterocycles. The fraction of sp³-hybridized carbons (Fsp3) is 0.300. The molecule has 0 unspecified atom stereocenters. The molecule has 15 heavy (non-hydrogen) atoms. The van der Waals surface area contributed by atoms with Crippen LogP contribution in [0.5, 0.6) is 0 Å². The predicted molar refractivity (Wildman–Crippen MR) is 67.5 cm³/mol. The molecule has 0 aromatic carbocycles. The Morgan fingerprint density at radius 2 is 2.47 bits per heavy atom. The average molecular weight is 318 g/mol. The van der Waals surface area contributed by atoms with Crippen LogP contribution in [0, 0.1) is 0 Å². The summed E-state index contributed by atoms with van der Waals surface area (Å²) >= 11 is -0.0805. The molecule has 1 aliphatic heterocycles. The van der Waals surface area contributed by atoms with Crippen molar-refractivity contribution < 1.29 is 9.53 Å². The molecule has 2 heterocycles. The topological polar surface area (TPSA) is 44.1 Å². The van der Waals surface area contributed by atoms with Crippen LogP contribution in [0.15, 0.2) is 4.08 Å². The molecular weight excluding hydrogens is 307 g/mol. The number of carbonyl (C=O) groups excluding carboxylic acids is 1. The fourth-order valence-electron chi connectivity index (χ4n) is 1.46. The minimum absolute atomic E-state index is 0.0805. The van der Waals surface area contributed by atoms with E-state index in [1.165, 1.54) is 7.11 Å². The van der Waals surface area contributed by atoms with E-state index < -0.39 is 0 Å². The number of fused-ring (bicyclic) bond motifs is 1. The summed E-state index contributed by atoms with van der Waals surface area (Å²) in [4.78, 5) is 11.6. The van der Waals surface area contributed by atoms with Gasteiger partial charge in [0.1, 0.15) is 0 Å². The Labute approximate surface area is 97.7 Å². The fourth-order valence-corrected chi connectivity index (χ4v) is 3.19. The van der Waals surface area contributed by atoms with Crippen LogP contribution in [-0.2, 0) is 11.3 Å². The number of ether oxygens (including phenoxy) is 1. The molecule has 0 amide bonds. The van der Waals surface area contributed by atoms with Crippen molar-refractivity contribution in [3.8, 4) is 0 Å². The van der Waals surface area contributed by atoms with E-state index in [9.17, 15) is 4.79 Å². The van der Waals surface area contributed by atoms with Gasteiger partial charge in [0.15, 0.2) is 5.69 Å². The lowest BCUT2D eigenvalue weighted by atomic mass is 10.2. The van der Waals surface area contributed by atoms with Crippen molar-refractivity contribution in [1.29, 1.82) is 0 Å². The lowest BCUT2D eigenvalue weighted by Gasteiger charge is -2.03. The Morgan fingerprint density at radius 3 is 3.13 bits per heavy atom. The van der Waals surface area contributed by atoms with Gasteiger partial charge in [-0.25, -0.2) is 4.79 Å². The molecule has 1 aliphatic rings. The normalized spacial score (nSPS) is 13.2. The number of methoxy groups -OCH3 is 1. The highest BCUT2D eigenvalue weighted by atomic mass is 127.